The van der Waals surface area contributed by atoms with Gasteiger partial charge in [-0.3, -0.25) is 13.9 Å². The number of nitrogens with one attached hydrogen (secondary N) is 1. The Hall–Kier alpha value is -2.78. The number of rotatable bonds is 11. The second kappa shape index (κ2) is 11.9. The largest absolute Gasteiger partial charge is 0.495 e. The van der Waals surface area contributed by atoms with Crippen molar-refractivity contribution in [1.29, 1.82) is 0 Å². The van der Waals surface area contributed by atoms with Gasteiger partial charge in [-0.25, -0.2) is 8.42 Å². The Bertz CT molecular complexity index is 1080. The van der Waals surface area contributed by atoms with Gasteiger partial charge in [-0.1, -0.05) is 35.9 Å². The molecule has 1 N–H and O–H groups in total. The molecule has 10 heteroatoms. The van der Waals surface area contributed by atoms with Crippen LogP contribution < -0.4 is 14.4 Å². The molecule has 2 rings (SSSR count). The highest BCUT2D eigenvalue weighted by Crippen LogP contribution is 2.29. The van der Waals surface area contributed by atoms with Crippen LogP contribution >= 0.6 is 11.6 Å². The normalized spacial score (nSPS) is 12.0. The summed E-state index contributed by atoms with van der Waals surface area (Å²) >= 11 is 6.07. The summed E-state index contributed by atoms with van der Waals surface area (Å²) in [5.74, 6) is -0.137. The number of likely N-dealkylation sites (N-methyl/N-ethyl adjacent to an activating group) is 1. The lowest BCUT2D eigenvalue weighted by molar-refractivity contribution is -0.140. The van der Waals surface area contributed by atoms with Gasteiger partial charge in [-0.2, -0.15) is 0 Å². The third-order valence-corrected chi connectivity index (χ3v) is 6.58. The Morgan fingerprint density at radius 1 is 1.15 bits per heavy atom. The number of anilines is 1. The van der Waals surface area contributed by atoms with Crippen LogP contribution in [-0.2, 0) is 26.2 Å². The maximum Gasteiger partial charge on any atom is 0.242 e. The van der Waals surface area contributed by atoms with Crippen LogP contribution in [0.5, 0.6) is 5.75 Å². The fourth-order valence-electron chi connectivity index (χ4n) is 3.44. The highest BCUT2D eigenvalue weighted by atomic mass is 35.5. The van der Waals surface area contributed by atoms with Crippen molar-refractivity contribution in [1.82, 2.24) is 10.2 Å². The lowest BCUT2D eigenvalue weighted by atomic mass is 10.1. The van der Waals surface area contributed by atoms with E-state index in [-0.39, 0.29) is 37.7 Å². The van der Waals surface area contributed by atoms with E-state index in [0.717, 1.165) is 11.8 Å². The van der Waals surface area contributed by atoms with Crippen LogP contribution in [0, 0.1) is 0 Å². The number of hydrogen-bond donors (Lipinski definition) is 1. The fourth-order valence-corrected chi connectivity index (χ4v) is 4.62. The zero-order valence-electron chi connectivity index (χ0n) is 19.2. The van der Waals surface area contributed by atoms with Crippen LogP contribution in [0.2, 0.25) is 5.02 Å². The lowest BCUT2D eigenvalue weighted by Crippen LogP contribution is -2.46. The number of amides is 2. The summed E-state index contributed by atoms with van der Waals surface area (Å²) in [5, 5.41) is 3.10. The zero-order valence-corrected chi connectivity index (χ0v) is 20.8. The van der Waals surface area contributed by atoms with E-state index in [4.69, 9.17) is 16.3 Å². The number of ether oxygens (including phenoxy) is 1. The number of para-hydroxylation sites is 2. The summed E-state index contributed by atoms with van der Waals surface area (Å²) in [4.78, 5) is 26.8. The van der Waals surface area contributed by atoms with Gasteiger partial charge in [0.25, 0.3) is 0 Å². The van der Waals surface area contributed by atoms with Crippen LogP contribution in [0.25, 0.3) is 0 Å². The molecule has 0 aliphatic carbocycles. The third-order valence-electron chi connectivity index (χ3n) is 5.16. The molecule has 1 unspecified atom stereocenters. The summed E-state index contributed by atoms with van der Waals surface area (Å²) < 4.78 is 31.4. The number of halogens is 1. The minimum atomic E-state index is -3.61. The predicted molar refractivity (Wildman–Crippen MR) is 130 cm³/mol. The van der Waals surface area contributed by atoms with E-state index in [9.17, 15) is 18.0 Å². The van der Waals surface area contributed by atoms with Crippen LogP contribution in [0.15, 0.2) is 48.5 Å². The average molecular weight is 496 g/mol. The second-order valence-electron chi connectivity index (χ2n) is 7.55. The van der Waals surface area contributed by atoms with Crippen LogP contribution in [-0.4, -0.2) is 58.1 Å². The maximum absolute atomic E-state index is 13.1. The molecule has 0 radical (unpaired) electrons. The summed E-state index contributed by atoms with van der Waals surface area (Å²) in [5.41, 5.74) is 1.20. The Balaban J connectivity index is 2.18. The Labute approximate surface area is 200 Å². The van der Waals surface area contributed by atoms with Crippen molar-refractivity contribution in [2.45, 2.75) is 32.4 Å². The van der Waals surface area contributed by atoms with E-state index in [1.807, 2.05) is 6.07 Å². The number of carbonyl (C=O) groups excluding carboxylic acids is 2. The van der Waals surface area contributed by atoms with E-state index in [2.05, 4.69) is 5.32 Å². The van der Waals surface area contributed by atoms with E-state index >= 15 is 0 Å². The molecule has 0 aromatic heterocycles. The first-order valence-electron chi connectivity index (χ1n) is 10.4. The van der Waals surface area contributed by atoms with Crippen molar-refractivity contribution in [2.24, 2.45) is 0 Å². The molecule has 0 heterocycles. The molecule has 0 aliphatic heterocycles. The summed E-state index contributed by atoms with van der Waals surface area (Å²) in [6.07, 6.45) is 1.43. The smallest absolute Gasteiger partial charge is 0.242 e. The van der Waals surface area contributed by atoms with E-state index in [1.165, 1.54) is 23.4 Å². The minimum absolute atomic E-state index is 0.0586. The quantitative estimate of drug-likeness (QED) is 0.517. The molecule has 1 atom stereocenters. The number of carbonyl (C=O) groups is 2. The summed E-state index contributed by atoms with van der Waals surface area (Å²) in [6, 6.07) is 13.2. The monoisotopic (exact) mass is 495 g/mol. The molecule has 2 aromatic carbocycles. The average Bonchev–Trinajstić information content (AvgIpc) is 2.78. The molecular weight excluding hydrogens is 466 g/mol. The first kappa shape index (κ1) is 26.5. The van der Waals surface area contributed by atoms with E-state index < -0.39 is 16.1 Å². The SMILES string of the molecule is CNC(=O)C(C)N(Cc1cccc(Cl)c1)C(=O)CCCN(c1ccccc1OC)S(C)(=O)=O. The Morgan fingerprint density at radius 3 is 2.45 bits per heavy atom. The van der Waals surface area contributed by atoms with Crippen molar-refractivity contribution in [3.05, 3.63) is 59.1 Å². The van der Waals surface area contributed by atoms with Gasteiger partial charge >= 0.3 is 0 Å². The van der Waals surface area contributed by atoms with Gasteiger partial charge in [0.15, 0.2) is 0 Å². The van der Waals surface area contributed by atoms with Crippen molar-refractivity contribution >= 4 is 39.1 Å². The van der Waals surface area contributed by atoms with E-state index in [0.29, 0.717) is 16.5 Å². The van der Waals surface area contributed by atoms with Gasteiger partial charge in [0.2, 0.25) is 21.8 Å². The number of hydrogen-bond acceptors (Lipinski definition) is 5. The number of methoxy groups -OCH3 is 1. The van der Waals surface area contributed by atoms with Crippen molar-refractivity contribution < 1.29 is 22.7 Å². The number of nitrogens with zero attached hydrogens (tertiary/aromatic N) is 2. The van der Waals surface area contributed by atoms with Gasteiger partial charge in [0.1, 0.15) is 11.8 Å². The number of benzene rings is 2. The lowest BCUT2D eigenvalue weighted by Gasteiger charge is -2.29. The van der Waals surface area contributed by atoms with E-state index in [1.54, 1.807) is 49.4 Å². The summed E-state index contributed by atoms with van der Waals surface area (Å²) in [6.45, 7) is 1.94. The zero-order chi connectivity index (χ0) is 24.6. The maximum atomic E-state index is 13.1. The molecule has 0 bridgehead atoms. The van der Waals surface area contributed by atoms with Gasteiger partial charge in [0.05, 0.1) is 19.1 Å². The van der Waals surface area contributed by atoms with Gasteiger partial charge in [-0.15, -0.1) is 0 Å². The summed E-state index contributed by atoms with van der Waals surface area (Å²) in [7, 11) is -0.625. The molecule has 33 heavy (non-hydrogen) atoms. The predicted octanol–water partition coefficient (Wildman–Crippen LogP) is 3.06. The fraction of sp³-hybridized carbons (Fsp3) is 0.391. The van der Waals surface area contributed by atoms with Crippen LogP contribution in [0.1, 0.15) is 25.3 Å². The van der Waals surface area contributed by atoms with Gasteiger partial charge in [-0.05, 0) is 43.2 Å². The standard InChI is InChI=1S/C23H30ClN3O5S/c1-17(23(29)25-2)26(16-18-9-7-10-19(24)15-18)22(28)13-8-14-27(33(4,30)31)20-11-5-6-12-21(20)32-3/h5-7,9-12,15,17H,8,13-14,16H2,1-4H3,(H,25,29). The molecule has 180 valence electrons. The topological polar surface area (TPSA) is 96.0 Å². The highest BCUT2D eigenvalue weighted by Gasteiger charge is 2.26. The van der Waals surface area contributed by atoms with Gasteiger partial charge in [0, 0.05) is 31.6 Å². The molecule has 0 saturated carbocycles. The number of sulfonamides is 1. The Kier molecular flexibility index (Phi) is 9.55. The molecule has 0 saturated heterocycles. The molecule has 2 aromatic rings. The molecule has 2 amide bonds. The van der Waals surface area contributed by atoms with Crippen molar-refractivity contribution in [2.75, 3.05) is 31.3 Å². The molecular formula is C23H30ClN3O5S. The van der Waals surface area contributed by atoms with Crippen LogP contribution in [0.3, 0.4) is 0 Å². The first-order chi connectivity index (χ1) is 15.6. The van der Waals surface area contributed by atoms with Crippen LogP contribution in [0.4, 0.5) is 5.69 Å². The van der Waals surface area contributed by atoms with Gasteiger partial charge < -0.3 is 15.0 Å². The molecule has 0 fully saturated rings. The first-order valence-corrected chi connectivity index (χ1v) is 12.7. The molecule has 0 spiro atoms. The molecule has 8 nitrogen and oxygen atoms in total. The second-order valence-corrected chi connectivity index (χ2v) is 9.90. The Morgan fingerprint density at radius 2 is 1.85 bits per heavy atom. The third kappa shape index (κ3) is 7.36. The highest BCUT2D eigenvalue weighted by molar-refractivity contribution is 7.92. The van der Waals surface area contributed by atoms with Crippen molar-refractivity contribution in [3.63, 3.8) is 0 Å². The van der Waals surface area contributed by atoms with Crippen molar-refractivity contribution in [3.8, 4) is 5.75 Å². The minimum Gasteiger partial charge on any atom is -0.495 e. The molecule has 0 aliphatic rings.